The van der Waals surface area contributed by atoms with Gasteiger partial charge in [-0.05, 0) is 16.6 Å². The Bertz CT molecular complexity index is 525. The van der Waals surface area contributed by atoms with Crippen LogP contribution < -0.4 is 9.82 Å². The zero-order valence-corrected chi connectivity index (χ0v) is 14.9. The van der Waals surface area contributed by atoms with Gasteiger partial charge in [-0.15, -0.1) is 17.9 Å². The third-order valence-electron chi connectivity index (χ3n) is 3.25. The summed E-state index contributed by atoms with van der Waals surface area (Å²) in [5.41, 5.74) is 0. The first-order valence-corrected chi connectivity index (χ1v) is 10.9. The standard InChI is InChI=1S/C15H23NO3SSi/c1-6-9-21(4,5)14-8-7-12(20-14)10-13(15(18)19-3)16-11(2)17/h6-8,13H,1,9-10H2,2-5H3,(H,16,17). The van der Waals surface area contributed by atoms with Crippen molar-refractivity contribution in [2.45, 2.75) is 38.5 Å². The van der Waals surface area contributed by atoms with E-state index >= 15 is 0 Å². The molecule has 1 aromatic heterocycles. The van der Waals surface area contributed by atoms with E-state index in [1.807, 2.05) is 12.1 Å². The zero-order chi connectivity index (χ0) is 16.0. The lowest BCUT2D eigenvalue weighted by atomic mass is 10.2. The van der Waals surface area contributed by atoms with Crippen LogP contribution in [0.5, 0.6) is 0 Å². The number of hydrogen-bond donors (Lipinski definition) is 1. The molecule has 0 saturated carbocycles. The lowest BCUT2D eigenvalue weighted by Crippen LogP contribution is -2.42. The highest BCUT2D eigenvalue weighted by molar-refractivity contribution is 7.26. The molecule has 1 atom stereocenters. The average molecular weight is 326 g/mol. The van der Waals surface area contributed by atoms with Gasteiger partial charge < -0.3 is 10.1 Å². The summed E-state index contributed by atoms with van der Waals surface area (Å²) in [6.45, 7) is 9.83. The molecule has 0 saturated heterocycles. The van der Waals surface area contributed by atoms with Crippen LogP contribution in [-0.2, 0) is 20.7 Å². The molecule has 0 aliphatic rings. The molecule has 0 spiro atoms. The topological polar surface area (TPSA) is 55.4 Å². The van der Waals surface area contributed by atoms with Gasteiger partial charge in [-0.2, -0.15) is 0 Å². The molecular formula is C15H23NO3SSi. The van der Waals surface area contributed by atoms with Crippen LogP contribution in [0.1, 0.15) is 11.8 Å². The number of nitrogens with one attached hydrogen (secondary N) is 1. The lowest BCUT2D eigenvalue weighted by molar-refractivity contribution is -0.144. The second kappa shape index (κ2) is 7.56. The summed E-state index contributed by atoms with van der Waals surface area (Å²) >= 11 is 1.72. The molecule has 0 aliphatic carbocycles. The van der Waals surface area contributed by atoms with Gasteiger partial charge in [0.1, 0.15) is 6.04 Å². The van der Waals surface area contributed by atoms with Crippen LogP contribution in [0.4, 0.5) is 0 Å². The lowest BCUT2D eigenvalue weighted by Gasteiger charge is -2.18. The molecular weight excluding hydrogens is 302 g/mol. The van der Waals surface area contributed by atoms with Crippen LogP contribution in [0.25, 0.3) is 0 Å². The van der Waals surface area contributed by atoms with Crippen LogP contribution in [0.2, 0.25) is 19.1 Å². The average Bonchev–Trinajstić information content (AvgIpc) is 2.86. The number of methoxy groups -OCH3 is 1. The Balaban J connectivity index is 2.86. The monoisotopic (exact) mass is 325 g/mol. The summed E-state index contributed by atoms with van der Waals surface area (Å²) in [6, 6.07) is 4.58. The second-order valence-electron chi connectivity index (χ2n) is 5.62. The van der Waals surface area contributed by atoms with Gasteiger partial charge in [0.2, 0.25) is 5.91 Å². The van der Waals surface area contributed by atoms with E-state index < -0.39 is 20.1 Å². The van der Waals surface area contributed by atoms with E-state index in [0.29, 0.717) is 6.42 Å². The number of amides is 1. The maximum absolute atomic E-state index is 11.7. The molecule has 1 amide bonds. The summed E-state index contributed by atoms with van der Waals surface area (Å²) in [5.74, 6) is -0.647. The van der Waals surface area contributed by atoms with Crippen molar-refractivity contribution >= 4 is 35.8 Å². The van der Waals surface area contributed by atoms with E-state index in [2.05, 4.69) is 31.1 Å². The molecule has 1 heterocycles. The van der Waals surface area contributed by atoms with E-state index in [9.17, 15) is 9.59 Å². The fourth-order valence-corrected chi connectivity index (χ4v) is 6.11. The number of allylic oxidation sites excluding steroid dienone is 1. The molecule has 116 valence electrons. The Hall–Kier alpha value is -1.40. The minimum Gasteiger partial charge on any atom is -0.467 e. The predicted molar refractivity (Wildman–Crippen MR) is 89.8 cm³/mol. The molecule has 1 rings (SSSR count). The largest absolute Gasteiger partial charge is 0.467 e. The van der Waals surface area contributed by atoms with Gasteiger partial charge in [0.15, 0.2) is 0 Å². The van der Waals surface area contributed by atoms with Crippen molar-refractivity contribution in [2.24, 2.45) is 0 Å². The summed E-state index contributed by atoms with van der Waals surface area (Å²) in [7, 11) is -0.150. The van der Waals surface area contributed by atoms with Crippen molar-refractivity contribution in [3.8, 4) is 0 Å². The van der Waals surface area contributed by atoms with Crippen LogP contribution in [0.3, 0.4) is 0 Å². The van der Waals surface area contributed by atoms with E-state index in [-0.39, 0.29) is 5.91 Å². The fraction of sp³-hybridized carbons (Fsp3) is 0.467. The van der Waals surface area contributed by atoms with Crippen molar-refractivity contribution in [2.75, 3.05) is 7.11 Å². The normalized spacial score (nSPS) is 12.6. The fourth-order valence-electron chi connectivity index (χ4n) is 2.09. The first kappa shape index (κ1) is 17.6. The van der Waals surface area contributed by atoms with Gasteiger partial charge in [-0.25, -0.2) is 4.79 Å². The number of carbonyl (C=O) groups excluding carboxylic acids is 2. The molecule has 0 aromatic carbocycles. The van der Waals surface area contributed by atoms with Crippen molar-refractivity contribution in [1.29, 1.82) is 0 Å². The summed E-state index contributed by atoms with van der Waals surface area (Å²) in [6.07, 6.45) is 2.44. The molecule has 0 aliphatic heterocycles. The first-order chi connectivity index (χ1) is 9.80. The molecule has 1 aromatic rings. The number of hydrogen-bond acceptors (Lipinski definition) is 4. The minimum absolute atomic E-state index is 0.233. The quantitative estimate of drug-likeness (QED) is 0.474. The third kappa shape index (κ3) is 5.13. The van der Waals surface area contributed by atoms with Crippen LogP contribution in [0, 0.1) is 0 Å². The molecule has 0 bridgehead atoms. The molecule has 6 heteroatoms. The van der Waals surface area contributed by atoms with Gasteiger partial charge in [-0.3, -0.25) is 4.79 Å². The van der Waals surface area contributed by atoms with E-state index in [0.717, 1.165) is 10.9 Å². The van der Waals surface area contributed by atoms with E-state index in [4.69, 9.17) is 4.74 Å². The van der Waals surface area contributed by atoms with E-state index in [1.165, 1.54) is 18.5 Å². The Kier molecular flexibility index (Phi) is 6.35. The molecule has 21 heavy (non-hydrogen) atoms. The second-order valence-corrected chi connectivity index (χ2v) is 11.9. The molecule has 1 unspecified atom stereocenters. The molecule has 1 N–H and O–H groups in total. The van der Waals surface area contributed by atoms with Gasteiger partial charge in [0.05, 0.1) is 15.2 Å². The molecule has 4 nitrogen and oxygen atoms in total. The van der Waals surface area contributed by atoms with Crippen molar-refractivity contribution in [3.63, 3.8) is 0 Å². The Morgan fingerprint density at radius 1 is 1.48 bits per heavy atom. The number of thiophene rings is 1. The van der Waals surface area contributed by atoms with Crippen molar-refractivity contribution < 1.29 is 14.3 Å². The smallest absolute Gasteiger partial charge is 0.328 e. The Morgan fingerprint density at radius 2 is 2.14 bits per heavy atom. The number of ether oxygens (including phenoxy) is 1. The SMILES string of the molecule is C=CC[Si](C)(C)c1ccc(CC(NC(C)=O)C(=O)OC)s1. The van der Waals surface area contributed by atoms with Gasteiger partial charge in [-0.1, -0.05) is 25.2 Å². The van der Waals surface area contributed by atoms with Crippen molar-refractivity contribution in [1.82, 2.24) is 5.32 Å². The van der Waals surface area contributed by atoms with Gasteiger partial charge >= 0.3 is 5.97 Å². The summed E-state index contributed by atoms with van der Waals surface area (Å²) in [5, 5.41) is 2.64. The highest BCUT2D eigenvalue weighted by atomic mass is 32.1. The zero-order valence-electron chi connectivity index (χ0n) is 13.1. The Labute approximate surface area is 131 Å². The third-order valence-corrected chi connectivity index (χ3v) is 8.95. The maximum Gasteiger partial charge on any atom is 0.328 e. The summed E-state index contributed by atoms with van der Waals surface area (Å²) < 4.78 is 6.12. The first-order valence-electron chi connectivity index (χ1n) is 6.85. The van der Waals surface area contributed by atoms with Crippen molar-refractivity contribution in [3.05, 3.63) is 29.7 Å². The Morgan fingerprint density at radius 3 is 2.67 bits per heavy atom. The summed E-state index contributed by atoms with van der Waals surface area (Å²) in [4.78, 5) is 24.0. The van der Waals surface area contributed by atoms with Crippen LogP contribution in [0.15, 0.2) is 24.8 Å². The van der Waals surface area contributed by atoms with Crippen LogP contribution >= 0.6 is 11.3 Å². The molecule has 0 fully saturated rings. The highest BCUT2D eigenvalue weighted by Gasteiger charge is 2.26. The maximum atomic E-state index is 11.7. The van der Waals surface area contributed by atoms with Gasteiger partial charge in [0.25, 0.3) is 0 Å². The van der Waals surface area contributed by atoms with Gasteiger partial charge in [0, 0.05) is 18.2 Å². The number of esters is 1. The van der Waals surface area contributed by atoms with E-state index in [1.54, 1.807) is 11.3 Å². The molecule has 0 radical (unpaired) electrons. The number of carbonyl (C=O) groups is 2. The number of rotatable bonds is 7. The predicted octanol–water partition coefficient (Wildman–Crippen LogP) is 2.07. The highest BCUT2D eigenvalue weighted by Crippen LogP contribution is 2.18. The minimum atomic E-state index is -1.48. The van der Waals surface area contributed by atoms with Crippen LogP contribution in [-0.4, -0.2) is 33.1 Å².